The molecule has 0 aromatic heterocycles. The molecule has 0 atom stereocenters. The third-order valence-corrected chi connectivity index (χ3v) is 6.45. The summed E-state index contributed by atoms with van der Waals surface area (Å²) >= 11 is 6.08. The summed E-state index contributed by atoms with van der Waals surface area (Å²) < 4.78 is 25.9. The van der Waals surface area contributed by atoms with Gasteiger partial charge in [0.15, 0.2) is 0 Å². The molecule has 0 radical (unpaired) electrons. The number of carbonyl (C=O) groups excluding carboxylic acids is 1. The van der Waals surface area contributed by atoms with Crippen LogP contribution in [0.25, 0.3) is 0 Å². The van der Waals surface area contributed by atoms with Crippen molar-refractivity contribution in [2.75, 3.05) is 21.9 Å². The fraction of sp³-hybridized carbons (Fsp3) is 0.278. The second kappa shape index (κ2) is 7.06. The van der Waals surface area contributed by atoms with Gasteiger partial charge in [-0.05, 0) is 55.7 Å². The molecule has 7 heteroatoms. The van der Waals surface area contributed by atoms with Crippen molar-refractivity contribution in [1.29, 1.82) is 0 Å². The van der Waals surface area contributed by atoms with E-state index in [1.165, 1.54) is 4.31 Å². The fourth-order valence-corrected chi connectivity index (χ4v) is 4.57. The maximum absolute atomic E-state index is 12.5. The van der Waals surface area contributed by atoms with Gasteiger partial charge in [0.2, 0.25) is 10.0 Å². The lowest BCUT2D eigenvalue weighted by Gasteiger charge is -2.28. The van der Waals surface area contributed by atoms with Crippen molar-refractivity contribution in [3.8, 4) is 0 Å². The van der Waals surface area contributed by atoms with Crippen LogP contribution in [0.5, 0.6) is 0 Å². The van der Waals surface area contributed by atoms with Gasteiger partial charge in [-0.25, -0.2) is 8.42 Å². The zero-order valence-electron chi connectivity index (χ0n) is 13.8. The van der Waals surface area contributed by atoms with E-state index in [0.717, 1.165) is 12.0 Å². The second-order valence-electron chi connectivity index (χ2n) is 6.06. The molecule has 0 aliphatic carbocycles. The van der Waals surface area contributed by atoms with Crippen LogP contribution >= 0.6 is 11.6 Å². The maximum Gasteiger partial charge on any atom is 0.255 e. The van der Waals surface area contributed by atoms with Crippen molar-refractivity contribution in [3.63, 3.8) is 0 Å². The van der Waals surface area contributed by atoms with Gasteiger partial charge in [0.05, 0.1) is 11.4 Å². The van der Waals surface area contributed by atoms with Crippen LogP contribution in [0.15, 0.2) is 42.5 Å². The Morgan fingerprint density at radius 3 is 2.68 bits per heavy atom. The Bertz CT molecular complexity index is 912. The summed E-state index contributed by atoms with van der Waals surface area (Å²) in [5, 5.41) is 3.36. The predicted octanol–water partition coefficient (Wildman–Crippen LogP) is 3.83. The molecule has 132 valence electrons. The van der Waals surface area contributed by atoms with Gasteiger partial charge in [0.1, 0.15) is 0 Å². The van der Waals surface area contributed by atoms with Crippen molar-refractivity contribution in [2.24, 2.45) is 0 Å². The Morgan fingerprint density at radius 1 is 1.16 bits per heavy atom. The van der Waals surface area contributed by atoms with E-state index in [2.05, 4.69) is 5.32 Å². The highest BCUT2D eigenvalue weighted by atomic mass is 35.5. The zero-order chi connectivity index (χ0) is 18.0. The Morgan fingerprint density at radius 2 is 1.96 bits per heavy atom. The molecule has 1 amide bonds. The van der Waals surface area contributed by atoms with E-state index in [1.807, 2.05) is 13.0 Å². The van der Waals surface area contributed by atoms with Crippen molar-refractivity contribution in [3.05, 3.63) is 58.6 Å². The minimum Gasteiger partial charge on any atom is -0.322 e. The average Bonchev–Trinajstić information content (AvgIpc) is 2.58. The molecule has 25 heavy (non-hydrogen) atoms. The summed E-state index contributed by atoms with van der Waals surface area (Å²) in [6.07, 6.45) is 1.49. The molecule has 1 fully saturated rings. The van der Waals surface area contributed by atoms with Gasteiger partial charge in [0.25, 0.3) is 5.91 Å². The number of anilines is 2. The third kappa shape index (κ3) is 3.96. The van der Waals surface area contributed by atoms with E-state index >= 15 is 0 Å². The van der Waals surface area contributed by atoms with E-state index in [0.29, 0.717) is 34.9 Å². The molecular weight excluding hydrogens is 360 g/mol. The van der Waals surface area contributed by atoms with Gasteiger partial charge in [-0.1, -0.05) is 23.7 Å². The standard InChI is InChI=1S/C18H19ClN2O3S/c1-13-7-8-15(12-17(13)19)20-18(22)14-5-4-6-16(11-14)21-9-2-3-10-25(21,23)24/h4-8,11-12H,2-3,9-10H2,1H3,(H,20,22). The van der Waals surface area contributed by atoms with Crippen molar-refractivity contribution >= 4 is 38.9 Å². The van der Waals surface area contributed by atoms with Crippen LogP contribution in [0, 0.1) is 6.92 Å². The van der Waals surface area contributed by atoms with Crippen molar-refractivity contribution in [1.82, 2.24) is 0 Å². The molecule has 3 rings (SSSR count). The van der Waals surface area contributed by atoms with Gasteiger partial charge in [0, 0.05) is 22.8 Å². The summed E-state index contributed by atoms with van der Waals surface area (Å²) in [5.74, 6) is -0.165. The molecule has 1 N–H and O–H groups in total. The number of nitrogens with one attached hydrogen (secondary N) is 1. The normalized spacial score (nSPS) is 16.5. The number of benzene rings is 2. The highest BCUT2D eigenvalue weighted by Gasteiger charge is 2.26. The molecule has 0 unspecified atom stereocenters. The molecule has 2 aromatic carbocycles. The summed E-state index contributed by atoms with van der Waals surface area (Å²) in [4.78, 5) is 12.5. The maximum atomic E-state index is 12.5. The topological polar surface area (TPSA) is 66.5 Å². The van der Waals surface area contributed by atoms with Gasteiger partial charge in [-0.3, -0.25) is 9.10 Å². The van der Waals surface area contributed by atoms with Crippen LogP contribution < -0.4 is 9.62 Å². The third-order valence-electron chi connectivity index (χ3n) is 4.18. The zero-order valence-corrected chi connectivity index (χ0v) is 15.4. The number of hydrogen-bond donors (Lipinski definition) is 1. The number of rotatable bonds is 3. The monoisotopic (exact) mass is 378 g/mol. The van der Waals surface area contributed by atoms with Gasteiger partial charge in [-0.2, -0.15) is 0 Å². The Labute approximate surface area is 152 Å². The quantitative estimate of drug-likeness (QED) is 0.882. The molecule has 0 bridgehead atoms. The number of hydrogen-bond acceptors (Lipinski definition) is 3. The molecule has 1 heterocycles. The van der Waals surface area contributed by atoms with Crippen LogP contribution in [-0.2, 0) is 10.0 Å². The van der Waals surface area contributed by atoms with Crippen LogP contribution in [-0.4, -0.2) is 26.6 Å². The molecule has 1 aliphatic heterocycles. The lowest BCUT2D eigenvalue weighted by molar-refractivity contribution is 0.102. The summed E-state index contributed by atoms with van der Waals surface area (Å²) in [5.41, 5.74) is 2.44. The Balaban J connectivity index is 1.83. The van der Waals surface area contributed by atoms with Gasteiger partial charge < -0.3 is 5.32 Å². The number of halogens is 1. The van der Waals surface area contributed by atoms with Gasteiger partial charge in [-0.15, -0.1) is 0 Å². The first-order valence-electron chi connectivity index (χ1n) is 8.05. The van der Waals surface area contributed by atoms with Crippen LogP contribution in [0.4, 0.5) is 11.4 Å². The van der Waals surface area contributed by atoms with Gasteiger partial charge >= 0.3 is 0 Å². The van der Waals surface area contributed by atoms with Crippen LogP contribution in [0.2, 0.25) is 5.02 Å². The molecule has 5 nitrogen and oxygen atoms in total. The Kier molecular flexibility index (Phi) is 5.01. The van der Waals surface area contributed by atoms with E-state index in [1.54, 1.807) is 36.4 Å². The minimum absolute atomic E-state index is 0.144. The lowest BCUT2D eigenvalue weighted by atomic mass is 10.1. The predicted molar refractivity (Wildman–Crippen MR) is 101 cm³/mol. The largest absolute Gasteiger partial charge is 0.322 e. The second-order valence-corrected chi connectivity index (χ2v) is 8.48. The molecule has 0 saturated carbocycles. The number of sulfonamides is 1. The first-order valence-corrected chi connectivity index (χ1v) is 10.0. The Hall–Kier alpha value is -2.05. The first kappa shape index (κ1) is 17.8. The van der Waals surface area contributed by atoms with E-state index < -0.39 is 10.0 Å². The first-order chi connectivity index (χ1) is 11.9. The number of carbonyl (C=O) groups is 1. The number of nitrogens with zero attached hydrogens (tertiary/aromatic N) is 1. The average molecular weight is 379 g/mol. The minimum atomic E-state index is -3.30. The highest BCUT2D eigenvalue weighted by molar-refractivity contribution is 7.92. The fourth-order valence-electron chi connectivity index (χ4n) is 2.76. The van der Waals surface area contributed by atoms with E-state index in [9.17, 15) is 13.2 Å². The smallest absolute Gasteiger partial charge is 0.255 e. The van der Waals surface area contributed by atoms with Crippen molar-refractivity contribution < 1.29 is 13.2 Å². The van der Waals surface area contributed by atoms with Crippen LogP contribution in [0.1, 0.15) is 28.8 Å². The lowest BCUT2D eigenvalue weighted by Crippen LogP contribution is -2.37. The summed E-state index contributed by atoms with van der Waals surface area (Å²) in [6, 6.07) is 12.0. The summed E-state index contributed by atoms with van der Waals surface area (Å²) in [7, 11) is -3.30. The van der Waals surface area contributed by atoms with Crippen molar-refractivity contribution in [2.45, 2.75) is 19.8 Å². The van der Waals surface area contributed by atoms with E-state index in [4.69, 9.17) is 11.6 Å². The summed E-state index contributed by atoms with van der Waals surface area (Å²) in [6.45, 7) is 2.33. The molecular formula is C18H19ClN2O3S. The SMILES string of the molecule is Cc1ccc(NC(=O)c2cccc(N3CCCCS3(=O)=O)c2)cc1Cl. The molecule has 0 spiro atoms. The highest BCUT2D eigenvalue weighted by Crippen LogP contribution is 2.25. The number of amides is 1. The molecule has 2 aromatic rings. The van der Waals surface area contributed by atoms with E-state index in [-0.39, 0.29) is 11.7 Å². The van der Waals surface area contributed by atoms with Crippen LogP contribution in [0.3, 0.4) is 0 Å². The molecule has 1 saturated heterocycles. The molecule has 1 aliphatic rings. The number of aryl methyl sites for hydroxylation is 1.